The lowest BCUT2D eigenvalue weighted by Crippen LogP contribution is -2.37. The normalized spacial score (nSPS) is 14.1. The van der Waals surface area contributed by atoms with Gasteiger partial charge in [0.2, 0.25) is 10.0 Å². The Bertz CT molecular complexity index is 2400. The van der Waals surface area contributed by atoms with Crippen LogP contribution in [0.1, 0.15) is 43.6 Å². The van der Waals surface area contributed by atoms with Crippen LogP contribution in [0.3, 0.4) is 0 Å². The number of aliphatic carboxylic acids is 1. The minimum Gasteiger partial charge on any atom is -0.479 e. The molecule has 0 aliphatic carbocycles. The Morgan fingerprint density at radius 1 is 0.959 bits per heavy atom. The van der Waals surface area contributed by atoms with E-state index in [0.29, 0.717) is 28.9 Å². The molecule has 3 aromatic carbocycles. The number of fused-ring (bicyclic) bond motifs is 1. The van der Waals surface area contributed by atoms with Crippen molar-refractivity contribution < 1.29 is 23.1 Å². The number of carboxylic acids is 1. The molecule has 1 atom stereocenters. The number of anilines is 1. The van der Waals surface area contributed by atoms with E-state index in [1.165, 1.54) is 10.6 Å². The molecule has 4 heterocycles. The number of ether oxygens (including phenoxy) is 1. The number of hydrogen-bond acceptors (Lipinski definition) is 6. The SMILES string of the molecule is Cc1ccc(-c2c(C(OC(C)(C)C)C(=O)O)c(C)c3c4c2cc(-c2ccnc(-c5ccc6c(cnn6C)c5)c2)n4CCN3S(C)(=O)=O)cc1. The average Bonchev–Trinajstić information content (AvgIpc) is 3.61. The number of benzene rings is 3. The van der Waals surface area contributed by atoms with E-state index in [1.807, 2.05) is 101 Å². The molecular formula is C38H39N5O5S. The van der Waals surface area contributed by atoms with Crippen molar-refractivity contribution in [2.75, 3.05) is 17.1 Å². The van der Waals surface area contributed by atoms with Crippen LogP contribution in [-0.2, 0) is 33.1 Å². The lowest BCUT2D eigenvalue weighted by atomic mass is 9.87. The molecule has 0 radical (unpaired) electrons. The topological polar surface area (TPSA) is 120 Å². The molecule has 11 heteroatoms. The van der Waals surface area contributed by atoms with Gasteiger partial charge in [0.15, 0.2) is 6.10 Å². The van der Waals surface area contributed by atoms with Crippen LogP contribution in [-0.4, -0.2) is 57.2 Å². The maximum Gasteiger partial charge on any atom is 0.337 e. The fourth-order valence-corrected chi connectivity index (χ4v) is 8.03. The van der Waals surface area contributed by atoms with Crippen molar-refractivity contribution in [3.63, 3.8) is 0 Å². The van der Waals surface area contributed by atoms with Gasteiger partial charge in [0, 0.05) is 52.9 Å². The molecule has 1 aliphatic rings. The summed E-state index contributed by atoms with van der Waals surface area (Å²) in [6.45, 7) is 9.86. The van der Waals surface area contributed by atoms with Crippen molar-refractivity contribution in [1.82, 2.24) is 19.3 Å². The van der Waals surface area contributed by atoms with Gasteiger partial charge >= 0.3 is 5.97 Å². The number of carbonyl (C=O) groups is 1. The van der Waals surface area contributed by atoms with Gasteiger partial charge in [-0.3, -0.25) is 14.0 Å². The van der Waals surface area contributed by atoms with Gasteiger partial charge in [-0.1, -0.05) is 35.9 Å². The number of rotatable bonds is 7. The maximum atomic E-state index is 13.4. The van der Waals surface area contributed by atoms with Crippen molar-refractivity contribution in [1.29, 1.82) is 0 Å². The quantitative estimate of drug-likeness (QED) is 0.189. The van der Waals surface area contributed by atoms with Crippen LogP contribution in [0.2, 0.25) is 0 Å². The third-order valence-electron chi connectivity index (χ3n) is 9.19. The molecule has 1 N–H and O–H groups in total. The molecule has 1 aliphatic heterocycles. The second kappa shape index (κ2) is 11.6. The predicted octanol–water partition coefficient (Wildman–Crippen LogP) is 7.26. The Hall–Kier alpha value is -5.00. The van der Waals surface area contributed by atoms with Gasteiger partial charge < -0.3 is 14.4 Å². The summed E-state index contributed by atoms with van der Waals surface area (Å²) in [5.41, 5.74) is 8.53. The van der Waals surface area contributed by atoms with E-state index in [9.17, 15) is 18.3 Å². The smallest absolute Gasteiger partial charge is 0.337 e. The van der Waals surface area contributed by atoms with Gasteiger partial charge in [0.1, 0.15) is 0 Å². The summed E-state index contributed by atoms with van der Waals surface area (Å²) in [7, 11) is -1.81. The number of sulfonamides is 1. The van der Waals surface area contributed by atoms with Crippen molar-refractivity contribution in [3.05, 3.63) is 89.7 Å². The summed E-state index contributed by atoms with van der Waals surface area (Å²) in [5, 5.41) is 16.8. The summed E-state index contributed by atoms with van der Waals surface area (Å²) in [4.78, 5) is 17.8. The summed E-state index contributed by atoms with van der Waals surface area (Å²) in [5.74, 6) is -1.15. The molecule has 1 unspecified atom stereocenters. The first-order valence-electron chi connectivity index (χ1n) is 16.2. The Kier molecular flexibility index (Phi) is 7.68. The average molecular weight is 678 g/mol. The number of nitrogens with zero attached hydrogens (tertiary/aromatic N) is 5. The number of aryl methyl sites for hydroxylation is 2. The van der Waals surface area contributed by atoms with Gasteiger partial charge in [0.05, 0.1) is 47.0 Å². The lowest BCUT2D eigenvalue weighted by Gasteiger charge is -2.34. The lowest BCUT2D eigenvalue weighted by molar-refractivity contribution is -0.160. The Morgan fingerprint density at radius 3 is 2.35 bits per heavy atom. The van der Waals surface area contributed by atoms with Crippen LogP contribution in [0, 0.1) is 13.8 Å². The number of carboxylic acid groups (broad SMARTS) is 1. The van der Waals surface area contributed by atoms with Crippen LogP contribution in [0.4, 0.5) is 5.69 Å². The molecule has 10 nitrogen and oxygen atoms in total. The van der Waals surface area contributed by atoms with Gasteiger partial charge in [-0.2, -0.15) is 5.10 Å². The molecule has 0 fully saturated rings. The fraction of sp³-hybridized carbons (Fsp3) is 0.289. The summed E-state index contributed by atoms with van der Waals surface area (Å²) in [6.07, 6.45) is 3.45. The zero-order valence-electron chi connectivity index (χ0n) is 28.6. The molecule has 252 valence electrons. The summed E-state index contributed by atoms with van der Waals surface area (Å²) < 4.78 is 38.4. The first kappa shape index (κ1) is 32.5. The van der Waals surface area contributed by atoms with E-state index < -0.39 is 27.7 Å². The number of aromatic nitrogens is 4. The van der Waals surface area contributed by atoms with Crippen LogP contribution < -0.4 is 4.31 Å². The Balaban J connectivity index is 1.55. The molecule has 0 amide bonds. The van der Waals surface area contributed by atoms with Gasteiger partial charge in [-0.15, -0.1) is 0 Å². The van der Waals surface area contributed by atoms with Gasteiger partial charge in [0.25, 0.3) is 0 Å². The largest absolute Gasteiger partial charge is 0.479 e. The molecule has 0 bridgehead atoms. The highest BCUT2D eigenvalue weighted by Gasteiger charge is 2.38. The van der Waals surface area contributed by atoms with E-state index in [0.717, 1.165) is 55.4 Å². The predicted molar refractivity (Wildman–Crippen MR) is 193 cm³/mol. The highest BCUT2D eigenvalue weighted by atomic mass is 32.2. The number of hydrogen-bond donors (Lipinski definition) is 1. The monoisotopic (exact) mass is 677 g/mol. The van der Waals surface area contributed by atoms with Crippen LogP contribution in [0.25, 0.3) is 55.4 Å². The minimum absolute atomic E-state index is 0.195. The van der Waals surface area contributed by atoms with E-state index in [2.05, 4.69) is 21.8 Å². The third-order valence-corrected chi connectivity index (χ3v) is 10.4. The Labute approximate surface area is 285 Å². The zero-order valence-corrected chi connectivity index (χ0v) is 29.5. The van der Waals surface area contributed by atoms with E-state index in [-0.39, 0.29) is 6.54 Å². The molecule has 49 heavy (non-hydrogen) atoms. The summed E-state index contributed by atoms with van der Waals surface area (Å²) >= 11 is 0. The first-order chi connectivity index (χ1) is 23.1. The third kappa shape index (κ3) is 5.66. The molecule has 0 spiro atoms. The van der Waals surface area contributed by atoms with Crippen LogP contribution in [0.15, 0.2) is 73.1 Å². The molecule has 6 aromatic rings. The van der Waals surface area contributed by atoms with Crippen molar-refractivity contribution in [3.8, 4) is 33.6 Å². The molecule has 0 saturated carbocycles. The number of pyridine rings is 1. The molecule has 7 rings (SSSR count). The molecular weight excluding hydrogens is 639 g/mol. The zero-order chi connectivity index (χ0) is 35.0. The van der Waals surface area contributed by atoms with E-state index in [1.54, 1.807) is 6.20 Å². The highest BCUT2D eigenvalue weighted by molar-refractivity contribution is 7.92. The maximum absolute atomic E-state index is 13.4. The van der Waals surface area contributed by atoms with Gasteiger partial charge in [-0.25, -0.2) is 13.2 Å². The van der Waals surface area contributed by atoms with Crippen molar-refractivity contribution in [2.24, 2.45) is 7.05 Å². The van der Waals surface area contributed by atoms with E-state index >= 15 is 0 Å². The standard InChI is InChI=1S/C38H39N5O5S/c1-22-8-10-24(11-9-22)33-28-20-31(26-14-15-39-29(19-26)25-12-13-30-27(18-25)21-40-41(30)6)42-16-17-43(49(7,46)47)34(35(28)42)23(2)32(33)36(37(44)45)48-38(3,4)5/h8-15,18-21,36H,16-17H2,1-7H3,(H,44,45). The second-order valence-corrected chi connectivity index (χ2v) is 15.7. The van der Waals surface area contributed by atoms with Crippen molar-refractivity contribution >= 4 is 43.5 Å². The van der Waals surface area contributed by atoms with Crippen LogP contribution in [0.5, 0.6) is 0 Å². The van der Waals surface area contributed by atoms with Crippen molar-refractivity contribution in [2.45, 2.75) is 52.9 Å². The second-order valence-electron chi connectivity index (χ2n) is 13.8. The minimum atomic E-state index is -3.72. The highest BCUT2D eigenvalue weighted by Crippen LogP contribution is 2.50. The van der Waals surface area contributed by atoms with Gasteiger partial charge in [-0.05, 0) is 81.6 Å². The first-order valence-corrected chi connectivity index (χ1v) is 18.0. The fourth-order valence-electron chi connectivity index (χ4n) is 7.06. The van der Waals surface area contributed by atoms with E-state index in [4.69, 9.17) is 9.72 Å². The Morgan fingerprint density at radius 2 is 1.67 bits per heavy atom. The molecule has 0 saturated heterocycles. The summed E-state index contributed by atoms with van der Waals surface area (Å²) in [6, 6.07) is 20.1. The van der Waals surface area contributed by atoms with Crippen LogP contribution >= 0.6 is 0 Å². The molecule has 3 aromatic heterocycles.